The fourth-order valence-corrected chi connectivity index (χ4v) is 4.48. The molecule has 0 spiro atoms. The first-order valence-electron chi connectivity index (χ1n) is 12.0. The van der Waals surface area contributed by atoms with E-state index in [4.69, 9.17) is 33.2 Å². The molecule has 10 heteroatoms. The van der Waals surface area contributed by atoms with Crippen molar-refractivity contribution in [2.24, 2.45) is 11.5 Å². The molecule has 202 valence electrons. The first-order valence-corrected chi connectivity index (χ1v) is 13.3. The molecule has 1 aliphatic heterocycles. The van der Waals surface area contributed by atoms with Crippen LogP contribution in [0.3, 0.4) is 0 Å². The van der Waals surface area contributed by atoms with Gasteiger partial charge in [-0.25, -0.2) is 9.18 Å². The second-order valence-corrected chi connectivity index (χ2v) is 11.1. The summed E-state index contributed by atoms with van der Waals surface area (Å²) in [5.74, 6) is -0.508. The summed E-state index contributed by atoms with van der Waals surface area (Å²) in [5, 5.41) is 11.1. The van der Waals surface area contributed by atoms with Crippen molar-refractivity contribution in [3.63, 3.8) is 0 Å². The van der Waals surface area contributed by atoms with Crippen molar-refractivity contribution in [2.75, 3.05) is 18.4 Å². The van der Waals surface area contributed by atoms with Gasteiger partial charge >= 0.3 is 6.09 Å². The van der Waals surface area contributed by atoms with Gasteiger partial charge in [0.25, 0.3) is 0 Å². The lowest BCUT2D eigenvalue weighted by Crippen LogP contribution is -2.39. The largest absolute Gasteiger partial charge is 0.444 e. The predicted molar refractivity (Wildman–Crippen MR) is 155 cm³/mol. The highest BCUT2D eigenvalue weighted by molar-refractivity contribution is 8.12. The van der Waals surface area contributed by atoms with E-state index < -0.39 is 11.4 Å². The second kappa shape index (κ2) is 12.4. The molecule has 1 aliphatic rings. The summed E-state index contributed by atoms with van der Waals surface area (Å²) in [5.41, 5.74) is 17.4. The number of nitrogens with zero attached hydrogens (tertiary/aromatic N) is 1. The number of halogens is 2. The molecule has 1 heterocycles. The van der Waals surface area contributed by atoms with Crippen molar-refractivity contribution in [1.82, 2.24) is 4.90 Å². The van der Waals surface area contributed by atoms with Gasteiger partial charge in [0.2, 0.25) is 0 Å². The summed E-state index contributed by atoms with van der Waals surface area (Å²) < 4.78 is 20.0. The van der Waals surface area contributed by atoms with E-state index in [2.05, 4.69) is 5.32 Å². The van der Waals surface area contributed by atoms with Gasteiger partial charge in [0.15, 0.2) is 0 Å². The summed E-state index contributed by atoms with van der Waals surface area (Å²) in [4.78, 5) is 15.0. The minimum Gasteiger partial charge on any atom is -0.444 e. The normalized spacial score (nSPS) is 14.9. The van der Waals surface area contributed by atoms with Crippen LogP contribution in [0.5, 0.6) is 0 Å². The van der Waals surface area contributed by atoms with Gasteiger partial charge in [0.1, 0.15) is 11.4 Å². The third kappa shape index (κ3) is 7.79. The number of aryl methyl sites for hydroxylation is 1. The topological polar surface area (TPSA) is 117 Å². The second-order valence-electron chi connectivity index (χ2n) is 9.80. The van der Waals surface area contributed by atoms with Crippen LogP contribution in [0.4, 0.5) is 14.9 Å². The van der Waals surface area contributed by atoms with Crippen LogP contribution in [-0.2, 0) is 4.74 Å². The monoisotopic (exact) mass is 557 g/mol. The molecule has 0 saturated heterocycles. The Morgan fingerprint density at radius 1 is 1.24 bits per heavy atom. The quantitative estimate of drug-likeness (QED) is 0.131. The van der Waals surface area contributed by atoms with Crippen molar-refractivity contribution in [2.45, 2.75) is 44.6 Å². The number of rotatable bonds is 7. The Morgan fingerprint density at radius 3 is 2.61 bits per heavy atom. The number of allylic oxidation sites excluding steroid dienone is 2. The third-order valence-corrected chi connectivity index (χ3v) is 6.74. The van der Waals surface area contributed by atoms with E-state index in [1.807, 2.05) is 52.0 Å². The first kappa shape index (κ1) is 29.1. The molecule has 3 rings (SSSR count). The highest BCUT2D eigenvalue weighted by Crippen LogP contribution is 2.28. The van der Waals surface area contributed by atoms with E-state index in [1.54, 1.807) is 11.0 Å². The summed E-state index contributed by atoms with van der Waals surface area (Å²) in [6.45, 7) is 8.21. The average Bonchev–Trinajstić information content (AvgIpc) is 2.85. The van der Waals surface area contributed by atoms with Gasteiger partial charge in [-0.2, -0.15) is 0 Å². The molecule has 6 N–H and O–H groups in total. The van der Waals surface area contributed by atoms with Gasteiger partial charge in [-0.05, 0) is 81.7 Å². The zero-order valence-electron chi connectivity index (χ0n) is 21.9. The van der Waals surface area contributed by atoms with Crippen LogP contribution in [0.1, 0.15) is 38.3 Å². The van der Waals surface area contributed by atoms with E-state index in [-0.39, 0.29) is 17.4 Å². The summed E-state index contributed by atoms with van der Waals surface area (Å²) >= 11 is 7.37. The molecule has 0 aromatic heterocycles. The van der Waals surface area contributed by atoms with Gasteiger partial charge < -0.3 is 31.8 Å². The van der Waals surface area contributed by atoms with Crippen molar-refractivity contribution >= 4 is 46.4 Å². The molecule has 0 unspecified atom stereocenters. The first-order chi connectivity index (χ1) is 17.9. The molecule has 0 fully saturated rings. The van der Waals surface area contributed by atoms with Crippen LogP contribution in [-0.4, -0.2) is 35.2 Å². The standard InChI is InChI=1S/C28H33ClFN5O2S/c1-17-5-7-20(14-25(17)38-16-31)34-24(15-23(32)21-13-19(29)6-8-22(21)30)26(33)18-9-11-35(12-10-18)27(36)37-28(2,3)4/h5-9,13-16,31,34H,10-12,32-33H2,1-4H3/b23-15-,26-24+,31-16?. The fourth-order valence-electron chi connectivity index (χ4n) is 3.74. The van der Waals surface area contributed by atoms with E-state index in [1.165, 1.54) is 35.5 Å². The summed E-state index contributed by atoms with van der Waals surface area (Å²) in [6.07, 6.45) is 3.57. The minimum atomic E-state index is -0.585. The number of nitrogens with one attached hydrogen (secondary N) is 2. The Labute approximate surface area is 232 Å². The molecule has 0 bridgehead atoms. The van der Waals surface area contributed by atoms with Crippen molar-refractivity contribution in [3.05, 3.63) is 87.5 Å². The molecular weight excluding hydrogens is 525 g/mol. The molecule has 2 aromatic rings. The summed E-state index contributed by atoms with van der Waals surface area (Å²) in [7, 11) is 0. The Kier molecular flexibility index (Phi) is 9.51. The van der Waals surface area contributed by atoms with Crippen LogP contribution in [0.15, 0.2) is 70.4 Å². The van der Waals surface area contributed by atoms with Crippen LogP contribution >= 0.6 is 23.4 Å². The lowest BCUT2D eigenvalue weighted by Gasteiger charge is -2.30. The van der Waals surface area contributed by atoms with Crippen LogP contribution in [0, 0.1) is 18.2 Å². The maximum Gasteiger partial charge on any atom is 0.410 e. The van der Waals surface area contributed by atoms with E-state index >= 15 is 0 Å². The maximum atomic E-state index is 14.5. The highest BCUT2D eigenvalue weighted by Gasteiger charge is 2.24. The lowest BCUT2D eigenvalue weighted by atomic mass is 10.0. The van der Waals surface area contributed by atoms with E-state index in [0.717, 1.165) is 21.7 Å². The third-order valence-electron chi connectivity index (χ3n) is 5.69. The molecule has 2 aromatic carbocycles. The Balaban J connectivity index is 1.99. The zero-order valence-corrected chi connectivity index (χ0v) is 23.5. The molecule has 0 atom stereocenters. The van der Waals surface area contributed by atoms with Gasteiger partial charge in [-0.1, -0.05) is 35.5 Å². The highest BCUT2D eigenvalue weighted by atomic mass is 35.5. The zero-order chi connectivity index (χ0) is 28.0. The number of ether oxygens (including phenoxy) is 1. The number of carbonyl (C=O) groups excluding carboxylic acids is 1. The SMILES string of the molecule is Cc1ccc(NC(/C=C(\N)c2cc(Cl)ccc2F)=C(/N)C2=CCN(C(=O)OC(C)(C)C)CC2)cc1SC=N. The van der Waals surface area contributed by atoms with Crippen molar-refractivity contribution < 1.29 is 13.9 Å². The van der Waals surface area contributed by atoms with Crippen LogP contribution in [0.25, 0.3) is 5.70 Å². The van der Waals surface area contributed by atoms with Crippen LogP contribution in [0.2, 0.25) is 5.02 Å². The number of hydrogen-bond acceptors (Lipinski definition) is 7. The number of amides is 1. The van der Waals surface area contributed by atoms with E-state index in [0.29, 0.717) is 35.9 Å². The Bertz CT molecular complexity index is 1320. The maximum absolute atomic E-state index is 14.5. The van der Waals surface area contributed by atoms with Gasteiger partial charge in [-0.15, -0.1) is 0 Å². The van der Waals surface area contributed by atoms with Crippen molar-refractivity contribution in [3.8, 4) is 0 Å². The number of thioether (sulfide) groups is 1. The molecule has 38 heavy (non-hydrogen) atoms. The molecule has 7 nitrogen and oxygen atoms in total. The average molecular weight is 558 g/mol. The summed E-state index contributed by atoms with van der Waals surface area (Å²) in [6, 6.07) is 9.90. The number of benzene rings is 2. The lowest BCUT2D eigenvalue weighted by molar-refractivity contribution is 0.0266. The van der Waals surface area contributed by atoms with E-state index in [9.17, 15) is 9.18 Å². The number of carbonyl (C=O) groups is 1. The number of anilines is 1. The molecule has 0 radical (unpaired) electrons. The number of hydrogen-bond donors (Lipinski definition) is 4. The molecule has 0 aliphatic carbocycles. The molecule has 1 amide bonds. The van der Waals surface area contributed by atoms with Gasteiger partial charge in [-0.3, -0.25) is 0 Å². The van der Waals surface area contributed by atoms with Crippen LogP contribution < -0.4 is 16.8 Å². The molecule has 0 saturated carbocycles. The minimum absolute atomic E-state index is 0.142. The van der Waals surface area contributed by atoms with Gasteiger partial charge in [0, 0.05) is 40.0 Å². The Hall–Kier alpha value is -3.43. The van der Waals surface area contributed by atoms with Crippen molar-refractivity contribution in [1.29, 1.82) is 5.41 Å². The fraction of sp³-hybridized carbons (Fsp3) is 0.286. The smallest absolute Gasteiger partial charge is 0.410 e. The number of nitrogens with two attached hydrogens (primary N) is 2. The van der Waals surface area contributed by atoms with Gasteiger partial charge in [0.05, 0.1) is 16.9 Å². The Morgan fingerprint density at radius 2 is 1.97 bits per heavy atom. The predicted octanol–water partition coefficient (Wildman–Crippen LogP) is 6.64. The molecular formula is C28H33ClFN5O2S.